The fourth-order valence-electron chi connectivity index (χ4n) is 2.28. The molecule has 29 heavy (non-hydrogen) atoms. The zero-order chi connectivity index (χ0) is 21.4. The molecule has 1 amide bonds. The van der Waals surface area contributed by atoms with Gasteiger partial charge < -0.3 is 14.8 Å². The van der Waals surface area contributed by atoms with E-state index in [-0.39, 0.29) is 11.4 Å². The van der Waals surface area contributed by atoms with E-state index in [1.165, 1.54) is 30.3 Å². The SMILES string of the molecule is COCCCNS(=O)(=O)c1ccc(NC(=O)C(C)Oc2ccc(Cl)cc2Cl)cc1. The third-order valence-electron chi connectivity index (χ3n) is 3.82. The van der Waals surface area contributed by atoms with Gasteiger partial charge in [0.1, 0.15) is 5.75 Å². The molecule has 0 radical (unpaired) electrons. The maximum atomic E-state index is 12.3. The summed E-state index contributed by atoms with van der Waals surface area (Å²) in [5.74, 6) is -0.0796. The number of benzene rings is 2. The van der Waals surface area contributed by atoms with Crippen molar-refractivity contribution in [1.82, 2.24) is 4.72 Å². The maximum absolute atomic E-state index is 12.3. The summed E-state index contributed by atoms with van der Waals surface area (Å²) in [5, 5.41) is 3.42. The average Bonchev–Trinajstić information content (AvgIpc) is 2.68. The van der Waals surface area contributed by atoms with Gasteiger partial charge in [-0.15, -0.1) is 0 Å². The Morgan fingerprint density at radius 3 is 2.45 bits per heavy atom. The van der Waals surface area contributed by atoms with Gasteiger partial charge in [0.15, 0.2) is 6.10 Å². The van der Waals surface area contributed by atoms with Crippen LogP contribution in [0.25, 0.3) is 0 Å². The normalized spacial score (nSPS) is 12.4. The summed E-state index contributed by atoms with van der Waals surface area (Å²) < 4.78 is 37.4. The van der Waals surface area contributed by atoms with Gasteiger partial charge in [-0.05, 0) is 55.8 Å². The average molecular weight is 461 g/mol. The number of carbonyl (C=O) groups excluding carboxylic acids is 1. The number of anilines is 1. The minimum absolute atomic E-state index is 0.102. The van der Waals surface area contributed by atoms with Gasteiger partial charge in [-0.25, -0.2) is 13.1 Å². The number of rotatable bonds is 10. The van der Waals surface area contributed by atoms with E-state index < -0.39 is 22.0 Å². The molecular formula is C19H22Cl2N2O5S. The molecule has 10 heteroatoms. The van der Waals surface area contributed by atoms with Crippen molar-refractivity contribution in [3.05, 3.63) is 52.5 Å². The van der Waals surface area contributed by atoms with Gasteiger partial charge in [-0.3, -0.25) is 4.79 Å². The topological polar surface area (TPSA) is 93.7 Å². The summed E-state index contributed by atoms with van der Waals surface area (Å²) in [6.07, 6.45) is -0.265. The van der Waals surface area contributed by atoms with Crippen LogP contribution in [0.1, 0.15) is 13.3 Å². The largest absolute Gasteiger partial charge is 0.479 e. The van der Waals surface area contributed by atoms with Crippen molar-refractivity contribution in [1.29, 1.82) is 0 Å². The Kier molecular flexibility index (Phi) is 8.73. The van der Waals surface area contributed by atoms with Crippen LogP contribution in [-0.4, -0.2) is 40.7 Å². The van der Waals surface area contributed by atoms with Crippen molar-refractivity contribution < 1.29 is 22.7 Å². The van der Waals surface area contributed by atoms with Crippen LogP contribution in [0.2, 0.25) is 10.0 Å². The molecule has 0 aliphatic heterocycles. The Balaban J connectivity index is 1.95. The molecule has 0 saturated heterocycles. The van der Waals surface area contributed by atoms with Gasteiger partial charge in [0.05, 0.1) is 9.92 Å². The fraction of sp³-hybridized carbons (Fsp3) is 0.316. The minimum Gasteiger partial charge on any atom is -0.479 e. The lowest BCUT2D eigenvalue weighted by atomic mass is 10.3. The van der Waals surface area contributed by atoms with E-state index in [4.69, 9.17) is 32.7 Å². The Hall–Kier alpha value is -1.84. The van der Waals surface area contributed by atoms with Gasteiger partial charge in [0.2, 0.25) is 10.0 Å². The lowest BCUT2D eigenvalue weighted by Gasteiger charge is -2.16. The molecule has 158 valence electrons. The molecule has 0 aliphatic rings. The number of sulfonamides is 1. The first-order chi connectivity index (χ1) is 13.7. The fourth-order valence-corrected chi connectivity index (χ4v) is 3.81. The standard InChI is InChI=1S/C19H22Cl2N2O5S/c1-13(28-18-9-4-14(20)12-17(18)21)19(24)23-15-5-7-16(8-6-15)29(25,26)22-10-3-11-27-2/h4-9,12-13,22H,3,10-11H2,1-2H3,(H,23,24). The van der Waals surface area contributed by atoms with Crippen LogP contribution >= 0.6 is 23.2 Å². The first kappa shape index (κ1) is 23.4. The van der Waals surface area contributed by atoms with Crippen molar-refractivity contribution in [2.45, 2.75) is 24.3 Å². The van der Waals surface area contributed by atoms with Crippen LogP contribution in [0.3, 0.4) is 0 Å². The maximum Gasteiger partial charge on any atom is 0.265 e. The number of methoxy groups -OCH3 is 1. The molecule has 2 aromatic carbocycles. The molecule has 0 fully saturated rings. The predicted molar refractivity (Wildman–Crippen MR) is 113 cm³/mol. The molecule has 2 aromatic rings. The summed E-state index contributed by atoms with van der Waals surface area (Å²) in [4.78, 5) is 12.4. The van der Waals surface area contributed by atoms with E-state index in [0.29, 0.717) is 34.5 Å². The van der Waals surface area contributed by atoms with Gasteiger partial charge >= 0.3 is 0 Å². The molecule has 0 saturated carbocycles. The second-order valence-corrected chi connectivity index (χ2v) is 8.70. The van der Waals surface area contributed by atoms with Gasteiger partial charge in [0.25, 0.3) is 5.91 Å². The second kappa shape index (κ2) is 10.8. The van der Waals surface area contributed by atoms with E-state index in [2.05, 4.69) is 10.0 Å². The highest BCUT2D eigenvalue weighted by Gasteiger charge is 2.18. The number of amides is 1. The minimum atomic E-state index is -3.62. The highest BCUT2D eigenvalue weighted by molar-refractivity contribution is 7.89. The van der Waals surface area contributed by atoms with Crippen molar-refractivity contribution in [3.63, 3.8) is 0 Å². The second-order valence-electron chi connectivity index (χ2n) is 6.09. The van der Waals surface area contributed by atoms with Gasteiger partial charge in [-0.1, -0.05) is 23.2 Å². The van der Waals surface area contributed by atoms with Gasteiger partial charge in [0, 0.05) is 31.0 Å². The molecular weight excluding hydrogens is 439 g/mol. The molecule has 1 unspecified atom stereocenters. The van der Waals surface area contributed by atoms with Crippen LogP contribution in [0.4, 0.5) is 5.69 Å². The van der Waals surface area contributed by atoms with Gasteiger partial charge in [-0.2, -0.15) is 0 Å². The van der Waals surface area contributed by atoms with Crippen molar-refractivity contribution in [3.8, 4) is 5.75 Å². The van der Waals surface area contributed by atoms with E-state index >= 15 is 0 Å². The summed E-state index contributed by atoms with van der Waals surface area (Å²) in [5.41, 5.74) is 0.436. The molecule has 0 aromatic heterocycles. The van der Waals surface area contributed by atoms with E-state index in [1.54, 1.807) is 26.2 Å². The van der Waals surface area contributed by atoms with E-state index in [9.17, 15) is 13.2 Å². The summed E-state index contributed by atoms with van der Waals surface area (Å²) in [7, 11) is -2.07. The summed E-state index contributed by atoms with van der Waals surface area (Å²) in [6.45, 7) is 2.31. The van der Waals surface area contributed by atoms with E-state index in [1.807, 2.05) is 0 Å². The summed E-state index contributed by atoms with van der Waals surface area (Å²) in [6, 6.07) is 10.5. The highest BCUT2D eigenvalue weighted by Crippen LogP contribution is 2.28. The molecule has 2 N–H and O–H groups in total. The molecule has 0 heterocycles. The van der Waals surface area contributed by atoms with Crippen LogP contribution in [0.5, 0.6) is 5.75 Å². The van der Waals surface area contributed by atoms with Crippen molar-refractivity contribution in [2.75, 3.05) is 25.6 Å². The Labute approximate surface area is 180 Å². The third kappa shape index (κ3) is 7.17. The van der Waals surface area contributed by atoms with Crippen LogP contribution in [-0.2, 0) is 19.6 Å². The number of halogens is 2. The first-order valence-electron chi connectivity index (χ1n) is 8.74. The van der Waals surface area contributed by atoms with Crippen LogP contribution in [0, 0.1) is 0 Å². The lowest BCUT2D eigenvalue weighted by Crippen LogP contribution is -2.30. The Morgan fingerprint density at radius 2 is 1.83 bits per heavy atom. The quantitative estimate of drug-likeness (QED) is 0.526. The molecule has 1 atom stereocenters. The first-order valence-corrected chi connectivity index (χ1v) is 11.0. The molecule has 0 spiro atoms. The Morgan fingerprint density at radius 1 is 1.14 bits per heavy atom. The Bertz CT molecular complexity index is 936. The number of hydrogen-bond donors (Lipinski definition) is 2. The zero-order valence-electron chi connectivity index (χ0n) is 15.9. The van der Waals surface area contributed by atoms with Crippen molar-refractivity contribution >= 4 is 44.8 Å². The predicted octanol–water partition coefficient (Wildman–Crippen LogP) is 3.71. The highest BCUT2D eigenvalue weighted by atomic mass is 35.5. The smallest absolute Gasteiger partial charge is 0.265 e. The van der Waals surface area contributed by atoms with Crippen molar-refractivity contribution in [2.24, 2.45) is 0 Å². The molecule has 7 nitrogen and oxygen atoms in total. The monoisotopic (exact) mass is 460 g/mol. The van der Waals surface area contributed by atoms with Crippen LogP contribution in [0.15, 0.2) is 47.4 Å². The lowest BCUT2D eigenvalue weighted by molar-refractivity contribution is -0.122. The zero-order valence-corrected chi connectivity index (χ0v) is 18.3. The number of hydrogen-bond acceptors (Lipinski definition) is 5. The third-order valence-corrected chi connectivity index (χ3v) is 5.82. The van der Waals surface area contributed by atoms with Crippen LogP contribution < -0.4 is 14.8 Å². The van der Waals surface area contributed by atoms with E-state index in [0.717, 1.165) is 0 Å². The molecule has 0 bridgehead atoms. The molecule has 2 rings (SSSR count). The number of nitrogens with one attached hydrogen (secondary N) is 2. The number of carbonyl (C=O) groups is 1. The number of ether oxygens (including phenoxy) is 2. The summed E-state index contributed by atoms with van der Waals surface area (Å²) >= 11 is 11.9. The molecule has 0 aliphatic carbocycles.